The first-order valence-corrected chi connectivity index (χ1v) is 9.92. The van der Waals surface area contributed by atoms with E-state index in [1.54, 1.807) is 37.3 Å². The number of anilines is 2. The molecule has 3 rings (SSSR count). The van der Waals surface area contributed by atoms with Crippen LogP contribution >= 0.6 is 11.6 Å². The molecule has 1 fully saturated rings. The van der Waals surface area contributed by atoms with Gasteiger partial charge in [-0.25, -0.2) is 12.7 Å². The summed E-state index contributed by atoms with van der Waals surface area (Å²) in [4.78, 5) is 24.8. The molecule has 2 aromatic rings. The number of sulfonamides is 1. The molecule has 1 saturated heterocycles. The number of benzene rings is 2. The predicted octanol–water partition coefficient (Wildman–Crippen LogP) is 3.21. The van der Waals surface area contributed by atoms with Gasteiger partial charge in [0, 0.05) is 16.3 Å². The molecular formula is C18H17ClN2O4S. The van der Waals surface area contributed by atoms with Gasteiger partial charge in [0.2, 0.25) is 15.9 Å². The SMILES string of the molecule is Cc1ccc(Cl)cc1NC(=O)c1cccc(N2C(=O)[C@@H](C)CS2(=O)=O)c1. The summed E-state index contributed by atoms with van der Waals surface area (Å²) in [5, 5.41) is 3.24. The lowest BCUT2D eigenvalue weighted by molar-refractivity contribution is -0.119. The number of aryl methyl sites for hydroxylation is 1. The zero-order chi connectivity index (χ0) is 19.1. The van der Waals surface area contributed by atoms with Crippen molar-refractivity contribution >= 4 is 44.8 Å². The van der Waals surface area contributed by atoms with Crippen LogP contribution in [0.4, 0.5) is 11.4 Å². The molecule has 1 N–H and O–H groups in total. The lowest BCUT2D eigenvalue weighted by atomic mass is 10.1. The van der Waals surface area contributed by atoms with Crippen LogP contribution in [0.2, 0.25) is 5.02 Å². The minimum absolute atomic E-state index is 0.162. The van der Waals surface area contributed by atoms with Crippen molar-refractivity contribution in [3.8, 4) is 0 Å². The molecule has 0 unspecified atom stereocenters. The molecule has 1 aliphatic heterocycles. The molecule has 1 atom stereocenters. The topological polar surface area (TPSA) is 83.6 Å². The van der Waals surface area contributed by atoms with Gasteiger partial charge in [0.25, 0.3) is 5.91 Å². The Morgan fingerprint density at radius 1 is 1.23 bits per heavy atom. The zero-order valence-corrected chi connectivity index (χ0v) is 15.8. The summed E-state index contributed by atoms with van der Waals surface area (Å²) in [7, 11) is -3.72. The van der Waals surface area contributed by atoms with Gasteiger partial charge in [-0.3, -0.25) is 9.59 Å². The minimum Gasteiger partial charge on any atom is -0.322 e. The third kappa shape index (κ3) is 3.45. The molecule has 1 aliphatic rings. The average Bonchev–Trinajstić information content (AvgIpc) is 2.78. The molecule has 0 bridgehead atoms. The third-order valence-electron chi connectivity index (χ3n) is 4.15. The highest BCUT2D eigenvalue weighted by Crippen LogP contribution is 2.29. The van der Waals surface area contributed by atoms with Crippen LogP contribution in [0.25, 0.3) is 0 Å². The summed E-state index contributed by atoms with van der Waals surface area (Å²) < 4.78 is 25.2. The summed E-state index contributed by atoms with van der Waals surface area (Å²) in [6.45, 7) is 3.40. The van der Waals surface area contributed by atoms with Crippen LogP contribution in [0.15, 0.2) is 42.5 Å². The van der Waals surface area contributed by atoms with Gasteiger partial charge in [0.1, 0.15) is 0 Å². The van der Waals surface area contributed by atoms with Crippen LogP contribution in [0, 0.1) is 12.8 Å². The standard InChI is InChI=1S/C18H17ClN2O4S/c1-11-6-7-14(19)9-16(11)20-17(22)13-4-3-5-15(8-13)21-18(23)12(2)10-26(21,24)25/h3-9,12H,10H2,1-2H3,(H,20,22)/t12-/m0/s1. The second kappa shape index (κ2) is 6.74. The van der Waals surface area contributed by atoms with Gasteiger partial charge in [0.15, 0.2) is 0 Å². The van der Waals surface area contributed by atoms with E-state index in [1.165, 1.54) is 12.1 Å². The summed E-state index contributed by atoms with van der Waals surface area (Å²) in [5.41, 5.74) is 1.80. The Morgan fingerprint density at radius 3 is 2.62 bits per heavy atom. The molecule has 1 heterocycles. The van der Waals surface area contributed by atoms with Crippen LogP contribution in [0.5, 0.6) is 0 Å². The van der Waals surface area contributed by atoms with Crippen LogP contribution < -0.4 is 9.62 Å². The summed E-state index contributed by atoms with van der Waals surface area (Å²) >= 11 is 5.96. The first-order valence-electron chi connectivity index (χ1n) is 7.93. The number of hydrogen-bond acceptors (Lipinski definition) is 4. The molecule has 0 spiro atoms. The van der Waals surface area contributed by atoms with Gasteiger partial charge < -0.3 is 5.32 Å². The van der Waals surface area contributed by atoms with E-state index in [2.05, 4.69) is 5.32 Å². The second-order valence-electron chi connectivity index (χ2n) is 6.25. The van der Waals surface area contributed by atoms with Gasteiger partial charge in [-0.15, -0.1) is 0 Å². The second-order valence-corrected chi connectivity index (χ2v) is 8.54. The van der Waals surface area contributed by atoms with Crippen molar-refractivity contribution in [1.82, 2.24) is 0 Å². The molecule has 8 heteroatoms. The number of halogens is 1. The molecule has 2 aromatic carbocycles. The summed E-state index contributed by atoms with van der Waals surface area (Å²) in [5.74, 6) is -1.75. The Morgan fingerprint density at radius 2 is 1.96 bits per heavy atom. The highest BCUT2D eigenvalue weighted by atomic mass is 35.5. The van der Waals surface area contributed by atoms with Crippen molar-refractivity contribution < 1.29 is 18.0 Å². The first-order chi connectivity index (χ1) is 12.2. The fourth-order valence-electron chi connectivity index (χ4n) is 2.78. The molecule has 6 nitrogen and oxygen atoms in total. The van der Waals surface area contributed by atoms with Gasteiger partial charge in [-0.1, -0.05) is 30.7 Å². The monoisotopic (exact) mass is 392 g/mol. The molecule has 0 radical (unpaired) electrons. The number of carbonyl (C=O) groups excluding carboxylic acids is 2. The third-order valence-corrected chi connectivity index (χ3v) is 6.25. The first kappa shape index (κ1) is 18.4. The molecule has 136 valence electrons. The van der Waals surface area contributed by atoms with E-state index in [9.17, 15) is 18.0 Å². The van der Waals surface area contributed by atoms with Gasteiger partial charge in [-0.2, -0.15) is 0 Å². The van der Waals surface area contributed by atoms with E-state index >= 15 is 0 Å². The largest absolute Gasteiger partial charge is 0.322 e. The van der Waals surface area contributed by atoms with Gasteiger partial charge in [0.05, 0.1) is 17.4 Å². The molecule has 0 aromatic heterocycles. The quantitative estimate of drug-likeness (QED) is 0.869. The van der Waals surface area contributed by atoms with Crippen LogP contribution in [0.1, 0.15) is 22.8 Å². The maximum atomic E-state index is 12.5. The van der Waals surface area contributed by atoms with Crippen molar-refractivity contribution in [2.75, 3.05) is 15.4 Å². The summed E-state index contributed by atoms with van der Waals surface area (Å²) in [6, 6.07) is 11.1. The van der Waals surface area contributed by atoms with Gasteiger partial charge in [-0.05, 0) is 42.8 Å². The molecule has 0 saturated carbocycles. The van der Waals surface area contributed by atoms with E-state index in [4.69, 9.17) is 11.6 Å². The Balaban J connectivity index is 1.91. The van der Waals surface area contributed by atoms with E-state index in [-0.39, 0.29) is 17.0 Å². The zero-order valence-electron chi connectivity index (χ0n) is 14.2. The number of amides is 2. The number of carbonyl (C=O) groups is 2. The number of nitrogens with zero attached hydrogens (tertiary/aromatic N) is 1. The minimum atomic E-state index is -3.72. The number of nitrogens with one attached hydrogen (secondary N) is 1. The molecule has 0 aliphatic carbocycles. The molecular weight excluding hydrogens is 376 g/mol. The Labute approximate surface area is 156 Å². The Bertz CT molecular complexity index is 1000. The maximum absolute atomic E-state index is 12.5. The van der Waals surface area contributed by atoms with Crippen LogP contribution in [-0.2, 0) is 14.8 Å². The smallest absolute Gasteiger partial charge is 0.255 e. The van der Waals surface area contributed by atoms with Gasteiger partial charge >= 0.3 is 0 Å². The highest BCUT2D eigenvalue weighted by Gasteiger charge is 2.42. The highest BCUT2D eigenvalue weighted by molar-refractivity contribution is 7.94. The van der Waals surface area contributed by atoms with E-state index in [0.29, 0.717) is 10.7 Å². The van der Waals surface area contributed by atoms with E-state index < -0.39 is 27.8 Å². The Kier molecular flexibility index (Phi) is 4.77. The fourth-order valence-corrected chi connectivity index (χ4v) is 4.77. The lowest BCUT2D eigenvalue weighted by Crippen LogP contribution is -2.30. The van der Waals surface area contributed by atoms with Crippen molar-refractivity contribution in [2.45, 2.75) is 13.8 Å². The molecule has 2 amide bonds. The van der Waals surface area contributed by atoms with Crippen molar-refractivity contribution in [2.24, 2.45) is 5.92 Å². The van der Waals surface area contributed by atoms with Crippen molar-refractivity contribution in [3.63, 3.8) is 0 Å². The molecule has 26 heavy (non-hydrogen) atoms. The number of hydrogen-bond donors (Lipinski definition) is 1. The van der Waals surface area contributed by atoms with E-state index in [0.717, 1.165) is 9.87 Å². The van der Waals surface area contributed by atoms with Crippen molar-refractivity contribution in [3.05, 3.63) is 58.6 Å². The van der Waals surface area contributed by atoms with Crippen LogP contribution in [-0.4, -0.2) is 26.0 Å². The van der Waals surface area contributed by atoms with Crippen LogP contribution in [0.3, 0.4) is 0 Å². The predicted molar refractivity (Wildman–Crippen MR) is 101 cm³/mol. The normalized spacial score (nSPS) is 18.8. The van der Waals surface area contributed by atoms with Crippen molar-refractivity contribution in [1.29, 1.82) is 0 Å². The maximum Gasteiger partial charge on any atom is 0.255 e. The summed E-state index contributed by atoms with van der Waals surface area (Å²) in [6.07, 6.45) is 0. The average molecular weight is 393 g/mol. The Hall–Kier alpha value is -2.38. The number of rotatable bonds is 3. The van der Waals surface area contributed by atoms with E-state index in [1.807, 2.05) is 6.92 Å². The fraction of sp³-hybridized carbons (Fsp3) is 0.222. The lowest BCUT2D eigenvalue weighted by Gasteiger charge is -2.16.